The quantitative estimate of drug-likeness (QED) is 0.662. The van der Waals surface area contributed by atoms with E-state index >= 15 is 0 Å². The van der Waals surface area contributed by atoms with Crippen molar-refractivity contribution in [2.75, 3.05) is 7.11 Å². The Bertz CT molecular complexity index is 441. The van der Waals surface area contributed by atoms with Gasteiger partial charge in [-0.2, -0.15) is 0 Å². The highest BCUT2D eigenvalue weighted by atomic mass is 79.9. The molecule has 0 saturated heterocycles. The summed E-state index contributed by atoms with van der Waals surface area (Å²) in [5, 5.41) is 0. The van der Waals surface area contributed by atoms with Crippen LogP contribution in [0.1, 0.15) is 45.6 Å². The van der Waals surface area contributed by atoms with Crippen LogP contribution in [0.4, 0.5) is 0 Å². The molecule has 0 aliphatic heterocycles. The first kappa shape index (κ1) is 15.9. The number of rotatable bonds is 4. The Morgan fingerprint density at radius 2 is 2.05 bits per heavy atom. The fraction of sp³-hybridized carbons (Fsp3) is 0.667. The fourth-order valence-electron chi connectivity index (χ4n) is 3.63. The Kier molecular flexibility index (Phi) is 5.17. The van der Waals surface area contributed by atoms with E-state index < -0.39 is 0 Å². The Hall–Kier alpha value is -0.500. The molecule has 0 amide bonds. The third kappa shape index (κ3) is 3.78. The van der Waals surface area contributed by atoms with Gasteiger partial charge in [-0.1, -0.05) is 55.3 Å². The van der Waals surface area contributed by atoms with Crippen molar-refractivity contribution in [2.45, 2.75) is 51.3 Å². The lowest BCUT2D eigenvalue weighted by Gasteiger charge is -2.42. The average Bonchev–Trinajstić information content (AvgIpc) is 2.37. The van der Waals surface area contributed by atoms with E-state index in [0.29, 0.717) is 10.2 Å². The molecule has 1 aromatic rings. The van der Waals surface area contributed by atoms with E-state index in [2.05, 4.69) is 54.9 Å². The van der Waals surface area contributed by atoms with Crippen LogP contribution in [0.2, 0.25) is 0 Å². The molecule has 0 radical (unpaired) electrons. The predicted molar refractivity (Wildman–Crippen MR) is 89.7 cm³/mol. The monoisotopic (exact) mass is 338 g/mol. The van der Waals surface area contributed by atoms with Crippen LogP contribution < -0.4 is 4.74 Å². The van der Waals surface area contributed by atoms with Crippen LogP contribution in [0.3, 0.4) is 0 Å². The van der Waals surface area contributed by atoms with Crippen LogP contribution in [0, 0.1) is 17.3 Å². The molecule has 1 saturated carbocycles. The van der Waals surface area contributed by atoms with Crippen LogP contribution in [-0.2, 0) is 6.42 Å². The predicted octanol–water partition coefficient (Wildman–Crippen LogP) is 5.46. The van der Waals surface area contributed by atoms with Crippen molar-refractivity contribution < 1.29 is 4.74 Å². The Morgan fingerprint density at radius 1 is 1.30 bits per heavy atom. The van der Waals surface area contributed by atoms with Crippen molar-refractivity contribution in [1.29, 1.82) is 0 Å². The minimum atomic E-state index is 0.320. The van der Waals surface area contributed by atoms with E-state index in [4.69, 9.17) is 4.74 Å². The molecule has 20 heavy (non-hydrogen) atoms. The number of halogens is 1. The normalized spacial score (nSPS) is 27.4. The summed E-state index contributed by atoms with van der Waals surface area (Å²) in [5.41, 5.74) is 1.70. The van der Waals surface area contributed by atoms with E-state index in [1.54, 1.807) is 7.11 Å². The number of alkyl halides is 1. The molecule has 1 nitrogen and oxygen atoms in total. The van der Waals surface area contributed by atoms with Crippen LogP contribution in [-0.4, -0.2) is 11.9 Å². The standard InChI is InChI=1S/C18H27BrO/c1-13-8-9-16(17(19)10-13)18(2,3)12-14-6-5-7-15(11-14)20-4/h5-7,11,13,16-17H,8-10,12H2,1-4H3. The number of benzene rings is 1. The Morgan fingerprint density at radius 3 is 2.70 bits per heavy atom. The highest BCUT2D eigenvalue weighted by Gasteiger charge is 2.37. The van der Waals surface area contributed by atoms with Crippen LogP contribution in [0.15, 0.2) is 24.3 Å². The van der Waals surface area contributed by atoms with Gasteiger partial charge in [0.2, 0.25) is 0 Å². The third-order valence-electron chi connectivity index (χ3n) is 4.83. The second-order valence-corrected chi connectivity index (χ2v) is 8.23. The summed E-state index contributed by atoms with van der Waals surface area (Å²) in [6.07, 6.45) is 5.14. The van der Waals surface area contributed by atoms with Crippen molar-refractivity contribution in [3.63, 3.8) is 0 Å². The summed E-state index contributed by atoms with van der Waals surface area (Å²) in [5.74, 6) is 2.58. The number of hydrogen-bond acceptors (Lipinski definition) is 1. The van der Waals surface area contributed by atoms with Gasteiger partial charge in [-0.3, -0.25) is 0 Å². The Balaban J connectivity index is 2.09. The molecule has 2 rings (SSSR count). The van der Waals surface area contributed by atoms with Crippen molar-refractivity contribution in [3.05, 3.63) is 29.8 Å². The lowest BCUT2D eigenvalue weighted by Crippen LogP contribution is -2.37. The topological polar surface area (TPSA) is 9.23 Å². The molecule has 1 aromatic carbocycles. The molecule has 1 fully saturated rings. The maximum Gasteiger partial charge on any atom is 0.119 e. The van der Waals surface area contributed by atoms with Gasteiger partial charge < -0.3 is 4.74 Å². The van der Waals surface area contributed by atoms with Gasteiger partial charge in [-0.25, -0.2) is 0 Å². The molecular weight excluding hydrogens is 312 g/mol. The van der Waals surface area contributed by atoms with E-state index in [9.17, 15) is 0 Å². The summed E-state index contributed by atoms with van der Waals surface area (Å²) in [4.78, 5) is 0.659. The van der Waals surface area contributed by atoms with Crippen molar-refractivity contribution in [2.24, 2.45) is 17.3 Å². The van der Waals surface area contributed by atoms with Crippen LogP contribution >= 0.6 is 15.9 Å². The molecule has 1 aliphatic carbocycles. The second-order valence-electron chi connectivity index (χ2n) is 7.06. The maximum atomic E-state index is 5.34. The fourth-order valence-corrected chi connectivity index (χ4v) is 5.25. The van der Waals surface area contributed by atoms with Gasteiger partial charge in [-0.15, -0.1) is 0 Å². The van der Waals surface area contributed by atoms with Gasteiger partial charge in [0.25, 0.3) is 0 Å². The van der Waals surface area contributed by atoms with E-state index in [1.807, 2.05) is 6.07 Å². The van der Waals surface area contributed by atoms with E-state index in [1.165, 1.54) is 24.8 Å². The first-order chi connectivity index (χ1) is 9.42. The summed E-state index contributed by atoms with van der Waals surface area (Å²) < 4.78 is 5.34. The van der Waals surface area contributed by atoms with Gasteiger partial charge in [0, 0.05) is 4.83 Å². The second kappa shape index (κ2) is 6.51. The van der Waals surface area contributed by atoms with Gasteiger partial charge in [0.05, 0.1) is 7.11 Å². The molecule has 0 spiro atoms. The SMILES string of the molecule is COc1cccc(CC(C)(C)C2CCC(C)CC2Br)c1. The lowest BCUT2D eigenvalue weighted by atomic mass is 9.66. The Labute approximate surface area is 132 Å². The lowest BCUT2D eigenvalue weighted by molar-refractivity contribution is 0.147. The number of hydrogen-bond donors (Lipinski definition) is 0. The third-order valence-corrected chi connectivity index (χ3v) is 5.84. The van der Waals surface area contributed by atoms with Gasteiger partial charge in [-0.05, 0) is 54.2 Å². The van der Waals surface area contributed by atoms with Crippen molar-refractivity contribution in [1.82, 2.24) is 0 Å². The van der Waals surface area contributed by atoms with E-state index in [0.717, 1.165) is 24.0 Å². The summed E-state index contributed by atoms with van der Waals surface area (Å²) in [6, 6.07) is 8.51. The van der Waals surface area contributed by atoms with E-state index in [-0.39, 0.29) is 0 Å². The molecule has 0 N–H and O–H groups in total. The molecule has 3 atom stereocenters. The minimum Gasteiger partial charge on any atom is -0.497 e. The van der Waals surface area contributed by atoms with Gasteiger partial charge in [0.15, 0.2) is 0 Å². The number of methoxy groups -OCH3 is 1. The molecule has 3 unspecified atom stereocenters. The zero-order valence-electron chi connectivity index (χ0n) is 13.2. The first-order valence-electron chi connectivity index (χ1n) is 7.69. The summed E-state index contributed by atoms with van der Waals surface area (Å²) in [6.45, 7) is 7.21. The van der Waals surface area contributed by atoms with Crippen LogP contribution in [0.25, 0.3) is 0 Å². The summed E-state index contributed by atoms with van der Waals surface area (Å²) >= 11 is 3.95. The zero-order valence-corrected chi connectivity index (χ0v) is 14.7. The number of ether oxygens (including phenoxy) is 1. The van der Waals surface area contributed by atoms with Crippen molar-refractivity contribution in [3.8, 4) is 5.75 Å². The molecule has 0 aromatic heterocycles. The molecule has 0 bridgehead atoms. The minimum absolute atomic E-state index is 0.320. The van der Waals surface area contributed by atoms with Gasteiger partial charge in [0.1, 0.15) is 5.75 Å². The molecule has 2 heteroatoms. The molecule has 1 aliphatic rings. The summed E-state index contributed by atoms with van der Waals surface area (Å²) in [7, 11) is 1.74. The van der Waals surface area contributed by atoms with Crippen LogP contribution in [0.5, 0.6) is 5.75 Å². The first-order valence-corrected chi connectivity index (χ1v) is 8.61. The van der Waals surface area contributed by atoms with Crippen molar-refractivity contribution >= 4 is 15.9 Å². The smallest absolute Gasteiger partial charge is 0.119 e. The van der Waals surface area contributed by atoms with Gasteiger partial charge >= 0.3 is 0 Å². The molecule has 112 valence electrons. The molecule has 0 heterocycles. The highest BCUT2D eigenvalue weighted by Crippen LogP contribution is 2.45. The highest BCUT2D eigenvalue weighted by molar-refractivity contribution is 9.09. The largest absolute Gasteiger partial charge is 0.497 e. The zero-order chi connectivity index (χ0) is 14.8. The molecular formula is C18H27BrO. The maximum absolute atomic E-state index is 5.34. The average molecular weight is 339 g/mol.